The molecule has 0 unspecified atom stereocenters. The fourth-order valence-corrected chi connectivity index (χ4v) is 5.91. The highest BCUT2D eigenvalue weighted by Crippen LogP contribution is 2.31. The maximum Gasteiger partial charge on any atom is 0.323 e. The Hall–Kier alpha value is -3.12. The molecular weight excluding hydrogens is 512 g/mol. The Morgan fingerprint density at radius 2 is 1.71 bits per heavy atom. The number of hydrogen-bond acceptors (Lipinski definition) is 5. The molecule has 2 aromatic carbocycles. The molecule has 1 amide bonds. The molecule has 6 nitrogen and oxygen atoms in total. The number of hydrogen-bond donors (Lipinski definition) is 1. The van der Waals surface area contributed by atoms with E-state index in [4.69, 9.17) is 9.47 Å². The van der Waals surface area contributed by atoms with Gasteiger partial charge in [0, 0.05) is 24.2 Å². The van der Waals surface area contributed by atoms with Crippen LogP contribution in [-0.4, -0.2) is 48.6 Å². The Morgan fingerprint density at radius 1 is 1.02 bits per heavy atom. The van der Waals surface area contributed by atoms with Crippen LogP contribution in [0.2, 0.25) is 0 Å². The van der Waals surface area contributed by atoms with Crippen LogP contribution >= 0.6 is 0 Å². The van der Waals surface area contributed by atoms with Gasteiger partial charge in [-0.05, 0) is 106 Å². The molecule has 0 spiro atoms. The minimum atomic E-state index is -0.263. The van der Waals surface area contributed by atoms with E-state index in [2.05, 4.69) is 25.7 Å². The van der Waals surface area contributed by atoms with Crippen LogP contribution in [0.5, 0.6) is 5.75 Å². The summed E-state index contributed by atoms with van der Waals surface area (Å²) in [6.07, 6.45) is 6.97. The molecule has 1 saturated carbocycles. The van der Waals surface area contributed by atoms with Gasteiger partial charge < -0.3 is 19.7 Å². The molecular formula is C35H48N2O4. The lowest BCUT2D eigenvalue weighted by atomic mass is 9.94. The van der Waals surface area contributed by atoms with Crippen LogP contribution in [0.25, 0.3) is 5.57 Å². The zero-order chi connectivity index (χ0) is 29.4. The molecule has 6 heteroatoms. The molecule has 222 valence electrons. The molecule has 0 bridgehead atoms. The Kier molecular flexibility index (Phi) is 11.0. The zero-order valence-corrected chi connectivity index (χ0v) is 25.4. The first-order chi connectivity index (χ1) is 19.7. The van der Waals surface area contributed by atoms with Gasteiger partial charge in [0.15, 0.2) is 0 Å². The van der Waals surface area contributed by atoms with E-state index in [1.165, 1.54) is 0 Å². The second kappa shape index (κ2) is 14.7. The summed E-state index contributed by atoms with van der Waals surface area (Å²) in [6, 6.07) is 13.7. The summed E-state index contributed by atoms with van der Waals surface area (Å²) >= 11 is 0. The summed E-state index contributed by atoms with van der Waals surface area (Å²) in [5.74, 6) is 1.55. The number of likely N-dealkylation sites (tertiary alicyclic amines) is 1. The molecule has 41 heavy (non-hydrogen) atoms. The third kappa shape index (κ3) is 8.68. The van der Waals surface area contributed by atoms with E-state index in [1.54, 1.807) is 0 Å². The fourth-order valence-electron chi connectivity index (χ4n) is 5.91. The summed E-state index contributed by atoms with van der Waals surface area (Å²) in [5.41, 5.74) is 4.45. The first kappa shape index (κ1) is 30.8. The van der Waals surface area contributed by atoms with Gasteiger partial charge in [-0.2, -0.15) is 0 Å². The smallest absolute Gasteiger partial charge is 0.323 e. The van der Waals surface area contributed by atoms with E-state index in [9.17, 15) is 9.59 Å². The molecule has 1 N–H and O–H groups in total. The van der Waals surface area contributed by atoms with E-state index in [1.807, 2.05) is 61.2 Å². The maximum atomic E-state index is 13.6. The topological polar surface area (TPSA) is 67.9 Å². The highest BCUT2D eigenvalue weighted by Gasteiger charge is 2.29. The Bertz CT molecular complexity index is 1180. The minimum Gasteiger partial charge on any atom is -0.488 e. The van der Waals surface area contributed by atoms with Crippen molar-refractivity contribution in [1.29, 1.82) is 0 Å². The number of esters is 1. The molecule has 1 aliphatic carbocycles. The van der Waals surface area contributed by atoms with Gasteiger partial charge in [-0.25, -0.2) is 0 Å². The van der Waals surface area contributed by atoms with Crippen LogP contribution in [0, 0.1) is 18.8 Å². The number of piperidine rings is 1. The summed E-state index contributed by atoms with van der Waals surface area (Å²) in [6.45, 7) is 15.0. The van der Waals surface area contributed by atoms with Crippen LogP contribution in [0.15, 0.2) is 49.0 Å². The van der Waals surface area contributed by atoms with E-state index < -0.39 is 0 Å². The van der Waals surface area contributed by atoms with Crippen molar-refractivity contribution >= 4 is 17.4 Å². The molecule has 0 radical (unpaired) electrons. The number of carbonyl (C=O) groups excluding carboxylic acids is 2. The predicted molar refractivity (Wildman–Crippen MR) is 165 cm³/mol. The number of ether oxygens (including phenoxy) is 2. The third-order valence-corrected chi connectivity index (χ3v) is 8.39. The van der Waals surface area contributed by atoms with Crippen molar-refractivity contribution in [2.45, 2.75) is 91.4 Å². The predicted octanol–water partition coefficient (Wildman–Crippen LogP) is 6.95. The van der Waals surface area contributed by atoms with Gasteiger partial charge in [-0.15, -0.1) is 0 Å². The number of nitrogens with zero attached hydrogens (tertiary/aromatic N) is 1. The molecule has 1 aliphatic heterocycles. The summed E-state index contributed by atoms with van der Waals surface area (Å²) in [4.78, 5) is 28.5. The highest BCUT2D eigenvalue weighted by molar-refractivity contribution is 5.97. The molecule has 1 saturated heterocycles. The van der Waals surface area contributed by atoms with Gasteiger partial charge in [-0.1, -0.05) is 50.8 Å². The lowest BCUT2D eigenvalue weighted by Gasteiger charge is -2.33. The van der Waals surface area contributed by atoms with Crippen LogP contribution < -0.4 is 10.1 Å². The van der Waals surface area contributed by atoms with Crippen LogP contribution in [-0.2, 0) is 16.1 Å². The quantitative estimate of drug-likeness (QED) is 0.285. The Balaban J connectivity index is 1.33. The van der Waals surface area contributed by atoms with E-state index in [0.29, 0.717) is 37.1 Å². The molecule has 1 atom stereocenters. The SMILES string of the molecule is C=C(C)c1cc(C(=O)N2CCC(CN[C@@H](CC(C)C)C(=O)OC3CCCC3)CC2)c(C)cc1OCc1ccccc1. The van der Waals surface area contributed by atoms with Gasteiger partial charge >= 0.3 is 5.97 Å². The summed E-state index contributed by atoms with van der Waals surface area (Å²) in [7, 11) is 0. The van der Waals surface area contributed by atoms with Gasteiger partial charge in [0.25, 0.3) is 5.91 Å². The third-order valence-electron chi connectivity index (χ3n) is 8.39. The van der Waals surface area contributed by atoms with Crippen LogP contribution in [0.4, 0.5) is 0 Å². The van der Waals surface area contributed by atoms with Gasteiger partial charge in [0.2, 0.25) is 0 Å². The number of benzene rings is 2. The number of carbonyl (C=O) groups is 2. The zero-order valence-electron chi connectivity index (χ0n) is 25.4. The molecule has 1 heterocycles. The number of rotatable bonds is 12. The van der Waals surface area contributed by atoms with Crippen molar-refractivity contribution < 1.29 is 19.1 Å². The van der Waals surface area contributed by atoms with E-state index in [0.717, 1.165) is 79.5 Å². The molecule has 4 rings (SSSR count). The average molecular weight is 561 g/mol. The van der Waals surface area contributed by atoms with E-state index >= 15 is 0 Å². The van der Waals surface area contributed by atoms with Gasteiger partial charge in [0.05, 0.1) is 0 Å². The maximum absolute atomic E-state index is 13.6. The lowest BCUT2D eigenvalue weighted by molar-refractivity contribution is -0.151. The molecule has 2 aliphatic rings. The van der Waals surface area contributed by atoms with Crippen molar-refractivity contribution in [3.05, 3.63) is 71.3 Å². The van der Waals surface area contributed by atoms with Crippen molar-refractivity contribution in [1.82, 2.24) is 10.2 Å². The van der Waals surface area contributed by atoms with Gasteiger partial charge in [-0.3, -0.25) is 9.59 Å². The largest absolute Gasteiger partial charge is 0.488 e. The normalized spacial score (nSPS) is 17.0. The number of nitrogens with one attached hydrogen (secondary N) is 1. The number of aryl methyl sites for hydroxylation is 1. The second-order valence-electron chi connectivity index (χ2n) is 12.4. The first-order valence-corrected chi connectivity index (χ1v) is 15.4. The van der Waals surface area contributed by atoms with Gasteiger partial charge in [0.1, 0.15) is 24.5 Å². The van der Waals surface area contributed by atoms with Crippen molar-refractivity contribution in [3.63, 3.8) is 0 Å². The first-order valence-electron chi connectivity index (χ1n) is 15.4. The van der Waals surface area contributed by atoms with Crippen molar-refractivity contribution in [2.75, 3.05) is 19.6 Å². The standard InChI is InChI=1S/C35H48N2O4/c1-24(2)19-32(35(39)41-29-13-9-10-14-29)36-22-27-15-17-37(18-16-27)34(38)31-21-30(25(3)4)33(20-26(31)5)40-23-28-11-7-6-8-12-28/h6-8,11-12,20-21,24,27,29,32,36H,3,9-10,13-19,22-23H2,1-2,4-5H3/t32-/m0/s1. The fraction of sp³-hybridized carbons (Fsp3) is 0.543. The minimum absolute atomic E-state index is 0.0591. The monoisotopic (exact) mass is 560 g/mol. The van der Waals surface area contributed by atoms with Crippen LogP contribution in [0.3, 0.4) is 0 Å². The average Bonchev–Trinajstić information content (AvgIpc) is 3.47. The molecule has 2 aromatic rings. The number of allylic oxidation sites excluding steroid dienone is 1. The second-order valence-corrected chi connectivity index (χ2v) is 12.4. The summed E-state index contributed by atoms with van der Waals surface area (Å²) < 4.78 is 12.0. The van der Waals surface area contributed by atoms with Crippen molar-refractivity contribution in [2.24, 2.45) is 11.8 Å². The van der Waals surface area contributed by atoms with Crippen molar-refractivity contribution in [3.8, 4) is 5.75 Å². The summed E-state index contributed by atoms with van der Waals surface area (Å²) in [5, 5.41) is 3.53. The highest BCUT2D eigenvalue weighted by atomic mass is 16.5. The van der Waals surface area contributed by atoms with E-state index in [-0.39, 0.29) is 24.0 Å². The van der Waals surface area contributed by atoms with Crippen LogP contribution in [0.1, 0.15) is 92.8 Å². The molecule has 2 fully saturated rings. The Morgan fingerprint density at radius 3 is 2.34 bits per heavy atom. The molecule has 0 aromatic heterocycles. The lowest BCUT2D eigenvalue weighted by Crippen LogP contribution is -2.45. The Labute approximate surface area is 246 Å². The number of amides is 1.